The summed E-state index contributed by atoms with van der Waals surface area (Å²) in [6.45, 7) is 0. The van der Waals surface area contributed by atoms with Crippen molar-refractivity contribution in [1.29, 1.82) is 0 Å². The Morgan fingerprint density at radius 1 is 0.486 bits per heavy atom. The zero-order valence-electron chi connectivity index (χ0n) is 34.8. The first kappa shape index (κ1) is 9.45. The van der Waals surface area contributed by atoms with E-state index in [9.17, 15) is 2.74 Å². The largest absolute Gasteiger partial charge is 0.143 e. The van der Waals surface area contributed by atoms with Crippen molar-refractivity contribution in [3.8, 4) is 33.4 Å². The van der Waals surface area contributed by atoms with E-state index in [1.165, 1.54) is 0 Å². The zero-order valence-corrected chi connectivity index (χ0v) is 18.6. The Balaban J connectivity index is 1.79. The average molecular weight is 480 g/mol. The Morgan fingerprint density at radius 2 is 1.09 bits per heavy atom. The predicted octanol–water partition coefficient (Wildman–Crippen LogP) is 10.2. The van der Waals surface area contributed by atoms with Gasteiger partial charge in [0.15, 0.2) is 0 Å². The van der Waals surface area contributed by atoms with E-state index in [1.54, 1.807) is 30.3 Å². The van der Waals surface area contributed by atoms with E-state index in [1.807, 2.05) is 0 Å². The van der Waals surface area contributed by atoms with Crippen LogP contribution >= 0.6 is 11.3 Å². The summed E-state index contributed by atoms with van der Waals surface area (Å²) >= 11 is 0.646. The third kappa shape index (κ3) is 3.28. The van der Waals surface area contributed by atoms with Gasteiger partial charge in [0.25, 0.3) is 0 Å². The molecule has 0 radical (unpaired) electrons. The summed E-state index contributed by atoms with van der Waals surface area (Å²) in [6.07, 6.45) is 0. The highest BCUT2D eigenvalue weighted by molar-refractivity contribution is 7.17. The van der Waals surface area contributed by atoms with Crippen LogP contribution in [0.4, 0.5) is 0 Å². The molecule has 35 heavy (non-hydrogen) atoms. The first-order valence-electron chi connectivity index (χ1n) is 19.1. The van der Waals surface area contributed by atoms with Crippen molar-refractivity contribution < 1.29 is 23.3 Å². The van der Waals surface area contributed by atoms with Gasteiger partial charge >= 0.3 is 0 Å². The van der Waals surface area contributed by atoms with Crippen molar-refractivity contribution in [3.05, 3.63) is 132 Å². The Kier molecular flexibility index (Phi) is 2.22. The maximum atomic E-state index is 9.21. The molecule has 0 amide bonds. The highest BCUT2D eigenvalue weighted by atomic mass is 32.1. The van der Waals surface area contributed by atoms with Gasteiger partial charge in [-0.05, 0) is 60.8 Å². The molecule has 0 aliphatic rings. The van der Waals surface area contributed by atoms with E-state index >= 15 is 0 Å². The van der Waals surface area contributed by atoms with Crippen molar-refractivity contribution >= 4 is 43.0 Å². The molecule has 0 nitrogen and oxygen atoms in total. The number of hydrogen-bond donors (Lipinski definition) is 0. The second-order valence-corrected chi connectivity index (χ2v) is 8.47. The second kappa shape index (κ2) is 8.23. The van der Waals surface area contributed by atoms with Gasteiger partial charge in [0, 0.05) is 15.6 Å². The summed E-state index contributed by atoms with van der Waals surface area (Å²) in [5, 5.41) is -1.21. The lowest BCUT2D eigenvalue weighted by molar-refractivity contribution is 1.65. The molecular formula is C34H22S. The molecule has 1 heterocycles. The van der Waals surface area contributed by atoms with Crippen LogP contribution in [0, 0.1) is 0 Å². The van der Waals surface area contributed by atoms with Gasteiger partial charge in [0.1, 0.15) is 0 Å². The molecule has 7 rings (SSSR count). The molecule has 0 saturated heterocycles. The highest BCUT2D eigenvalue weighted by Gasteiger charge is 2.18. The van der Waals surface area contributed by atoms with Crippen LogP contribution in [-0.4, -0.2) is 0 Å². The molecule has 0 N–H and O–H groups in total. The Labute approximate surface area is 232 Å². The fourth-order valence-electron chi connectivity index (χ4n) is 4.24. The quantitative estimate of drug-likeness (QED) is 0.221. The standard InChI is InChI=1S/C34H22S/c1-3-11-23(12-4-1)25-19-20-26-31(22-35-32(26)21-25)34-29-17-9-7-15-27(29)33(24-13-5-2-6-14-24)28-16-8-10-18-30(28)34/h1-22H/i1D,3D,4D,7D,8D,9D,10D,11D,12D,15D,16D,17D,18D,19D,20D,21D,22D. The summed E-state index contributed by atoms with van der Waals surface area (Å²) in [5.41, 5.74) is -0.889. The van der Waals surface area contributed by atoms with E-state index in [-0.39, 0.29) is 53.7 Å². The molecule has 7 aromatic rings. The molecule has 1 heteroatoms. The van der Waals surface area contributed by atoms with Crippen LogP contribution in [0.3, 0.4) is 0 Å². The summed E-state index contributed by atoms with van der Waals surface area (Å²) < 4.78 is 148. The molecule has 164 valence electrons. The van der Waals surface area contributed by atoms with Crippen LogP contribution in [0.15, 0.2) is 132 Å². The number of fused-ring (bicyclic) bond motifs is 3. The van der Waals surface area contributed by atoms with Crippen LogP contribution in [0.2, 0.25) is 0 Å². The van der Waals surface area contributed by atoms with E-state index in [0.29, 0.717) is 16.9 Å². The van der Waals surface area contributed by atoms with Crippen molar-refractivity contribution in [3.63, 3.8) is 0 Å². The number of benzene rings is 6. The Bertz CT molecular complexity index is 2640. The maximum Gasteiger partial charge on any atom is 0.0747 e. The average Bonchev–Trinajstić information content (AvgIpc) is 3.49. The molecule has 0 saturated carbocycles. The molecule has 0 spiro atoms. The lowest BCUT2D eigenvalue weighted by Gasteiger charge is -2.17. The summed E-state index contributed by atoms with van der Waals surface area (Å²) in [5.74, 6) is 0. The summed E-state index contributed by atoms with van der Waals surface area (Å²) in [7, 11) is 0. The topological polar surface area (TPSA) is 0 Å². The predicted molar refractivity (Wildman–Crippen MR) is 153 cm³/mol. The van der Waals surface area contributed by atoms with E-state index < -0.39 is 108 Å². The van der Waals surface area contributed by atoms with Crippen molar-refractivity contribution in [1.82, 2.24) is 0 Å². The maximum absolute atomic E-state index is 9.21. The van der Waals surface area contributed by atoms with Gasteiger partial charge in [-0.15, -0.1) is 11.3 Å². The van der Waals surface area contributed by atoms with Gasteiger partial charge < -0.3 is 0 Å². The molecule has 0 bridgehead atoms. The van der Waals surface area contributed by atoms with Crippen molar-refractivity contribution in [2.75, 3.05) is 0 Å². The summed E-state index contributed by atoms with van der Waals surface area (Å²) in [6, 6.07) is -1.87. The molecule has 1 aromatic heterocycles. The fourth-order valence-corrected chi connectivity index (χ4v) is 5.06. The van der Waals surface area contributed by atoms with E-state index in [4.69, 9.17) is 20.6 Å². The van der Waals surface area contributed by atoms with Crippen LogP contribution in [-0.2, 0) is 0 Å². The van der Waals surface area contributed by atoms with Crippen LogP contribution in [0.5, 0.6) is 0 Å². The SMILES string of the molecule is [2H]c1sc2c([2H])c(-c3c([2H])c([2H])c([2H])c([2H])c3[2H])c([2H])c([2H])c2c1-c1c2c([2H])c([2H])c([2H])c([2H])c2c(-c2ccccc2)c2c([2H])c([2H])c([2H])c([2H])c12. The van der Waals surface area contributed by atoms with E-state index in [0.717, 1.165) is 0 Å². The zero-order chi connectivity index (χ0) is 38.0. The third-order valence-corrected chi connectivity index (χ3v) is 6.54. The molecule has 0 aliphatic heterocycles. The molecule has 0 fully saturated rings. The van der Waals surface area contributed by atoms with Gasteiger partial charge in [0.2, 0.25) is 0 Å². The smallest absolute Gasteiger partial charge is 0.0747 e. The minimum Gasteiger partial charge on any atom is -0.143 e. The highest BCUT2D eigenvalue weighted by Crippen LogP contribution is 2.46. The van der Waals surface area contributed by atoms with E-state index in [2.05, 4.69) is 0 Å². The number of thiophene rings is 1. The van der Waals surface area contributed by atoms with Crippen molar-refractivity contribution in [2.24, 2.45) is 0 Å². The second-order valence-electron chi connectivity index (χ2n) is 7.65. The molecule has 0 unspecified atom stereocenters. The molecule has 0 atom stereocenters. The normalized spacial score (nSPS) is 18.2. The Hall–Kier alpha value is -4.20. The first-order chi connectivity index (χ1) is 24.4. The van der Waals surface area contributed by atoms with Gasteiger partial charge in [-0.3, -0.25) is 0 Å². The lowest BCUT2D eigenvalue weighted by Crippen LogP contribution is -1.90. The minimum absolute atomic E-state index is 0.0938. The monoisotopic (exact) mass is 479 g/mol. The van der Waals surface area contributed by atoms with Gasteiger partial charge in [-0.2, -0.15) is 0 Å². The van der Waals surface area contributed by atoms with Gasteiger partial charge in [-0.1, -0.05) is 121 Å². The Morgan fingerprint density at radius 3 is 1.74 bits per heavy atom. The lowest BCUT2D eigenvalue weighted by atomic mass is 9.86. The number of hydrogen-bond acceptors (Lipinski definition) is 1. The fraction of sp³-hybridized carbons (Fsp3) is 0. The van der Waals surface area contributed by atoms with Crippen LogP contribution in [0.25, 0.3) is 65.0 Å². The van der Waals surface area contributed by atoms with Crippen LogP contribution in [0.1, 0.15) is 23.3 Å². The van der Waals surface area contributed by atoms with Crippen LogP contribution < -0.4 is 0 Å². The van der Waals surface area contributed by atoms with Gasteiger partial charge in [-0.25, -0.2) is 0 Å². The summed E-state index contributed by atoms with van der Waals surface area (Å²) in [4.78, 5) is 0. The van der Waals surface area contributed by atoms with Crippen molar-refractivity contribution in [2.45, 2.75) is 0 Å². The molecular weight excluding hydrogens is 440 g/mol. The molecule has 6 aromatic carbocycles. The number of rotatable bonds is 3. The minimum atomic E-state index is -0.714. The molecule has 0 aliphatic carbocycles. The third-order valence-electron chi connectivity index (χ3n) is 5.72. The first-order valence-corrected chi connectivity index (χ1v) is 11.4. The van der Waals surface area contributed by atoms with Gasteiger partial charge in [0.05, 0.1) is 23.3 Å².